The molecule has 1 aromatic rings. The third-order valence-electron chi connectivity index (χ3n) is 1.62. The van der Waals surface area contributed by atoms with E-state index in [-0.39, 0.29) is 0 Å². The molecule has 0 aliphatic rings. The van der Waals surface area contributed by atoms with E-state index < -0.39 is 5.91 Å². The predicted octanol–water partition coefficient (Wildman–Crippen LogP) is 1.13. The second-order valence-electron chi connectivity index (χ2n) is 2.56. The van der Waals surface area contributed by atoms with E-state index in [0.29, 0.717) is 17.9 Å². The van der Waals surface area contributed by atoms with Crippen LogP contribution in [-0.4, -0.2) is 18.2 Å². The lowest BCUT2D eigenvalue weighted by Crippen LogP contribution is -2.15. The van der Waals surface area contributed by atoms with Gasteiger partial charge in [-0.2, -0.15) is 12.6 Å². The lowest BCUT2D eigenvalue weighted by Gasteiger charge is -2.07. The minimum atomic E-state index is -0.415. The van der Waals surface area contributed by atoms with Gasteiger partial charge in [-0.15, -0.1) is 0 Å². The molecule has 0 spiro atoms. The number of hydrogen-bond donors (Lipinski definition) is 3. The summed E-state index contributed by atoms with van der Waals surface area (Å²) in [6.45, 7) is 0.716. The molecule has 0 saturated heterocycles. The van der Waals surface area contributed by atoms with Gasteiger partial charge >= 0.3 is 0 Å². The van der Waals surface area contributed by atoms with Crippen molar-refractivity contribution in [2.75, 3.05) is 17.6 Å². The Morgan fingerprint density at radius 2 is 2.15 bits per heavy atom. The summed E-state index contributed by atoms with van der Waals surface area (Å²) in [6.07, 6.45) is 0. The van der Waals surface area contributed by atoms with Crippen LogP contribution < -0.4 is 11.1 Å². The van der Waals surface area contributed by atoms with Crippen LogP contribution in [0.2, 0.25) is 0 Å². The maximum absolute atomic E-state index is 10.9. The van der Waals surface area contributed by atoms with E-state index in [1.165, 1.54) is 0 Å². The maximum atomic E-state index is 10.9. The van der Waals surface area contributed by atoms with Crippen LogP contribution in [0.5, 0.6) is 0 Å². The summed E-state index contributed by atoms with van der Waals surface area (Å²) in [4.78, 5) is 10.9. The van der Waals surface area contributed by atoms with Crippen molar-refractivity contribution in [3.8, 4) is 0 Å². The molecule has 3 N–H and O–H groups in total. The monoisotopic (exact) mass is 196 g/mol. The first kappa shape index (κ1) is 9.92. The highest BCUT2D eigenvalue weighted by Crippen LogP contribution is 2.13. The quantitative estimate of drug-likeness (QED) is 0.632. The van der Waals surface area contributed by atoms with Crippen LogP contribution in [0, 0.1) is 0 Å². The number of carbonyl (C=O) groups excluding carboxylic acids is 1. The fourth-order valence-corrected chi connectivity index (χ4v) is 1.15. The van der Waals surface area contributed by atoms with Crippen LogP contribution >= 0.6 is 12.6 Å². The van der Waals surface area contributed by atoms with Gasteiger partial charge in [0.05, 0.1) is 5.56 Å². The summed E-state index contributed by atoms with van der Waals surface area (Å²) >= 11 is 4.06. The van der Waals surface area contributed by atoms with Gasteiger partial charge in [-0.05, 0) is 12.1 Å². The molecule has 0 unspecified atom stereocenters. The van der Waals surface area contributed by atoms with E-state index in [2.05, 4.69) is 17.9 Å². The third-order valence-corrected chi connectivity index (χ3v) is 1.84. The first-order valence-electron chi connectivity index (χ1n) is 3.99. The Bertz CT molecular complexity index is 301. The van der Waals surface area contributed by atoms with E-state index >= 15 is 0 Å². The number of anilines is 1. The van der Waals surface area contributed by atoms with Gasteiger partial charge in [0.2, 0.25) is 0 Å². The number of rotatable bonds is 4. The number of carbonyl (C=O) groups is 1. The number of benzene rings is 1. The molecule has 1 rings (SSSR count). The standard InChI is InChI=1S/C9H12N2OS/c10-9(12)7-3-1-2-4-8(7)11-5-6-13/h1-4,11,13H,5-6H2,(H2,10,12). The summed E-state index contributed by atoms with van der Waals surface area (Å²) in [5.74, 6) is 0.301. The van der Waals surface area contributed by atoms with Gasteiger partial charge in [0.1, 0.15) is 0 Å². The normalized spacial score (nSPS) is 9.62. The first-order valence-corrected chi connectivity index (χ1v) is 4.62. The molecule has 70 valence electrons. The first-order chi connectivity index (χ1) is 6.25. The van der Waals surface area contributed by atoms with Gasteiger partial charge in [-0.1, -0.05) is 12.1 Å². The van der Waals surface area contributed by atoms with Gasteiger partial charge in [0.15, 0.2) is 0 Å². The molecule has 13 heavy (non-hydrogen) atoms. The van der Waals surface area contributed by atoms with Gasteiger partial charge in [-0.25, -0.2) is 0 Å². The van der Waals surface area contributed by atoms with Crippen LogP contribution in [0.4, 0.5) is 5.69 Å². The van der Waals surface area contributed by atoms with Gasteiger partial charge in [-0.3, -0.25) is 4.79 Å². The highest BCUT2D eigenvalue weighted by Gasteiger charge is 2.04. The molecule has 0 aliphatic carbocycles. The second-order valence-corrected chi connectivity index (χ2v) is 3.01. The average Bonchev–Trinajstić information content (AvgIpc) is 2.15. The average molecular weight is 196 g/mol. The summed E-state index contributed by atoms with van der Waals surface area (Å²) < 4.78 is 0. The van der Waals surface area contributed by atoms with Crippen LogP contribution in [0.3, 0.4) is 0 Å². The molecule has 0 bridgehead atoms. The number of hydrogen-bond acceptors (Lipinski definition) is 3. The van der Waals surface area contributed by atoms with E-state index in [1.54, 1.807) is 12.1 Å². The molecule has 0 radical (unpaired) electrons. The minimum absolute atomic E-state index is 0.415. The van der Waals surface area contributed by atoms with Gasteiger partial charge in [0, 0.05) is 18.0 Å². The Morgan fingerprint density at radius 3 is 2.77 bits per heavy atom. The number of thiol groups is 1. The molecule has 0 fully saturated rings. The highest BCUT2D eigenvalue weighted by atomic mass is 32.1. The van der Waals surface area contributed by atoms with E-state index in [1.807, 2.05) is 12.1 Å². The summed E-state index contributed by atoms with van der Waals surface area (Å²) in [7, 11) is 0. The zero-order valence-electron chi connectivity index (χ0n) is 7.16. The van der Waals surface area contributed by atoms with Crippen LogP contribution in [0.25, 0.3) is 0 Å². The predicted molar refractivity (Wildman–Crippen MR) is 57.3 cm³/mol. The van der Waals surface area contributed by atoms with Crippen LogP contribution in [-0.2, 0) is 0 Å². The minimum Gasteiger partial charge on any atom is -0.384 e. The SMILES string of the molecule is NC(=O)c1ccccc1NCCS. The molecule has 0 atom stereocenters. The Labute approximate surface area is 82.7 Å². The third kappa shape index (κ3) is 2.66. The Balaban J connectivity index is 2.84. The van der Waals surface area contributed by atoms with Crippen molar-refractivity contribution < 1.29 is 4.79 Å². The fourth-order valence-electron chi connectivity index (χ4n) is 1.04. The smallest absolute Gasteiger partial charge is 0.250 e. The van der Waals surface area contributed by atoms with Crippen molar-refractivity contribution >= 4 is 24.2 Å². The molecule has 4 heteroatoms. The van der Waals surface area contributed by atoms with Crippen molar-refractivity contribution in [3.05, 3.63) is 29.8 Å². The lowest BCUT2D eigenvalue weighted by atomic mass is 10.1. The molecule has 0 heterocycles. The number of nitrogens with two attached hydrogens (primary N) is 1. The second kappa shape index (κ2) is 4.77. The fraction of sp³-hybridized carbons (Fsp3) is 0.222. The van der Waals surface area contributed by atoms with Crippen molar-refractivity contribution in [2.24, 2.45) is 5.73 Å². The summed E-state index contributed by atoms with van der Waals surface area (Å²) in [6, 6.07) is 7.16. The maximum Gasteiger partial charge on any atom is 0.250 e. The van der Waals surface area contributed by atoms with E-state index in [0.717, 1.165) is 5.69 Å². The summed E-state index contributed by atoms with van der Waals surface area (Å²) in [5.41, 5.74) is 6.47. The van der Waals surface area contributed by atoms with Crippen molar-refractivity contribution in [2.45, 2.75) is 0 Å². The zero-order valence-corrected chi connectivity index (χ0v) is 8.05. The van der Waals surface area contributed by atoms with Crippen LogP contribution in [0.1, 0.15) is 10.4 Å². The molecule has 0 aromatic heterocycles. The van der Waals surface area contributed by atoms with E-state index in [9.17, 15) is 4.79 Å². The molecule has 0 saturated carbocycles. The summed E-state index contributed by atoms with van der Waals surface area (Å²) in [5, 5.41) is 3.07. The number of nitrogens with one attached hydrogen (secondary N) is 1. The number of para-hydroxylation sites is 1. The Morgan fingerprint density at radius 1 is 1.46 bits per heavy atom. The zero-order chi connectivity index (χ0) is 9.68. The van der Waals surface area contributed by atoms with Gasteiger partial charge in [0.25, 0.3) is 5.91 Å². The number of amides is 1. The Hall–Kier alpha value is -1.16. The number of primary amides is 1. The molecule has 3 nitrogen and oxygen atoms in total. The molecule has 1 aromatic carbocycles. The van der Waals surface area contributed by atoms with Gasteiger partial charge < -0.3 is 11.1 Å². The van der Waals surface area contributed by atoms with Crippen LogP contribution in [0.15, 0.2) is 24.3 Å². The Kier molecular flexibility index (Phi) is 3.64. The molecule has 0 aliphatic heterocycles. The van der Waals surface area contributed by atoms with Crippen molar-refractivity contribution in [3.63, 3.8) is 0 Å². The topological polar surface area (TPSA) is 55.1 Å². The highest BCUT2D eigenvalue weighted by molar-refractivity contribution is 7.80. The van der Waals surface area contributed by atoms with Crippen molar-refractivity contribution in [1.29, 1.82) is 0 Å². The molecular weight excluding hydrogens is 184 g/mol. The van der Waals surface area contributed by atoms with E-state index in [4.69, 9.17) is 5.73 Å². The largest absolute Gasteiger partial charge is 0.384 e. The van der Waals surface area contributed by atoms with Crippen molar-refractivity contribution in [1.82, 2.24) is 0 Å². The molecule has 1 amide bonds. The molecular formula is C9H12N2OS. The lowest BCUT2D eigenvalue weighted by molar-refractivity contribution is 0.100.